The molecule has 5 nitrogen and oxygen atoms in total. The third-order valence-corrected chi connectivity index (χ3v) is 4.38. The Labute approximate surface area is 143 Å². The minimum absolute atomic E-state index is 0.239. The van der Waals surface area contributed by atoms with Gasteiger partial charge >= 0.3 is 5.97 Å². The summed E-state index contributed by atoms with van der Waals surface area (Å²) >= 11 is 1.42. The number of hydrogen-bond donors (Lipinski definition) is 2. The van der Waals surface area contributed by atoms with Crippen LogP contribution < -0.4 is 10.4 Å². The van der Waals surface area contributed by atoms with Crippen molar-refractivity contribution in [3.05, 3.63) is 59.0 Å². The molecule has 0 aliphatic rings. The lowest BCUT2D eigenvalue weighted by molar-refractivity contribution is -0.268. The Morgan fingerprint density at radius 1 is 1.25 bits per heavy atom. The number of nitrogens with one attached hydrogen (secondary N) is 1. The fraction of sp³-hybridized carbons (Fsp3) is 0.111. The Kier molecular flexibility index (Phi) is 4.48. The molecule has 24 heavy (non-hydrogen) atoms. The second kappa shape index (κ2) is 6.72. The third kappa shape index (κ3) is 3.38. The molecule has 2 N–H and O–H groups in total. The number of aryl methyl sites for hydroxylation is 1. The van der Waals surface area contributed by atoms with Gasteiger partial charge < -0.3 is 15.5 Å². The van der Waals surface area contributed by atoms with Gasteiger partial charge in [0.1, 0.15) is 0 Å². The van der Waals surface area contributed by atoms with Crippen LogP contribution in [-0.4, -0.2) is 16.1 Å². The van der Waals surface area contributed by atoms with Crippen molar-refractivity contribution in [3.63, 3.8) is 0 Å². The van der Waals surface area contributed by atoms with E-state index in [0.29, 0.717) is 10.8 Å². The summed E-state index contributed by atoms with van der Waals surface area (Å²) in [4.78, 5) is 15.4. The van der Waals surface area contributed by atoms with E-state index in [-0.39, 0.29) is 5.56 Å². The van der Waals surface area contributed by atoms with Crippen LogP contribution in [0.25, 0.3) is 11.3 Å². The molecule has 3 aromatic rings. The van der Waals surface area contributed by atoms with Crippen LogP contribution >= 0.6 is 11.3 Å². The molecule has 6 heteroatoms. The van der Waals surface area contributed by atoms with Crippen molar-refractivity contribution in [2.45, 2.75) is 13.3 Å². The number of nitrogens with zero attached hydrogens (tertiary/aromatic N) is 1. The number of carboxylic acid groups (broad SMARTS) is 1. The van der Waals surface area contributed by atoms with Crippen molar-refractivity contribution >= 4 is 28.1 Å². The predicted molar refractivity (Wildman–Crippen MR) is 93.1 cm³/mol. The molecule has 2 aromatic carbocycles. The monoisotopic (exact) mass is 339 g/mol. The maximum atomic E-state index is 11.7. The van der Waals surface area contributed by atoms with Gasteiger partial charge in [0.15, 0.2) is 5.13 Å². The Morgan fingerprint density at radius 2 is 2.00 bits per heavy atom. The second-order valence-electron chi connectivity index (χ2n) is 5.23. The first-order valence-corrected chi connectivity index (χ1v) is 8.31. The van der Waals surface area contributed by atoms with Crippen molar-refractivity contribution in [2.75, 3.05) is 5.32 Å². The highest BCUT2D eigenvalue weighted by Crippen LogP contribution is 2.29. The molecule has 1 aromatic heterocycles. The van der Waals surface area contributed by atoms with Gasteiger partial charge in [-0.05, 0) is 30.2 Å². The molecule has 122 valence electrons. The number of aromatic nitrogens is 1. The van der Waals surface area contributed by atoms with E-state index in [0.717, 1.165) is 17.7 Å². The topological polar surface area (TPSA) is 85.3 Å². The maximum absolute atomic E-state index is 11.7. The summed E-state index contributed by atoms with van der Waals surface area (Å²) in [5, 5.41) is 26.2. The van der Waals surface area contributed by atoms with Gasteiger partial charge in [-0.1, -0.05) is 36.9 Å². The molecule has 0 saturated carbocycles. The maximum Gasteiger partial charge on any atom is 0.335 e. The molecular weight excluding hydrogens is 324 g/mol. The molecule has 1 heterocycles. The van der Waals surface area contributed by atoms with E-state index >= 15 is 0 Å². The summed E-state index contributed by atoms with van der Waals surface area (Å²) in [6, 6.07) is 12.4. The lowest BCUT2D eigenvalue weighted by Gasteiger charge is -2.12. The zero-order valence-electron chi connectivity index (χ0n) is 12.9. The molecule has 0 aliphatic heterocycles. The number of carbonyl (C=O) groups is 1. The van der Waals surface area contributed by atoms with Gasteiger partial charge in [-0.3, -0.25) is 0 Å². The lowest BCUT2D eigenvalue weighted by Crippen LogP contribution is -2.04. The number of carboxylic acids is 1. The third-order valence-electron chi connectivity index (χ3n) is 3.63. The highest BCUT2D eigenvalue weighted by Gasteiger charge is 2.07. The van der Waals surface area contributed by atoms with Crippen LogP contribution in [0.15, 0.2) is 47.8 Å². The lowest BCUT2D eigenvalue weighted by atomic mass is 10.1. The summed E-state index contributed by atoms with van der Waals surface area (Å²) in [6.07, 6.45) is 0.994. The van der Waals surface area contributed by atoms with Crippen LogP contribution in [0.5, 0.6) is 5.75 Å². The van der Waals surface area contributed by atoms with Crippen LogP contribution in [0.4, 0.5) is 10.8 Å². The number of anilines is 2. The molecule has 3 rings (SSSR count). The summed E-state index contributed by atoms with van der Waals surface area (Å²) in [7, 11) is 0. The molecule has 0 aliphatic carbocycles. The van der Waals surface area contributed by atoms with Gasteiger partial charge in [0.25, 0.3) is 0 Å². The smallest absolute Gasteiger partial charge is 0.335 e. The van der Waals surface area contributed by atoms with Crippen LogP contribution in [-0.2, 0) is 6.42 Å². The van der Waals surface area contributed by atoms with E-state index in [1.165, 1.54) is 29.0 Å². The van der Waals surface area contributed by atoms with E-state index in [9.17, 15) is 9.90 Å². The van der Waals surface area contributed by atoms with Crippen molar-refractivity contribution in [2.24, 2.45) is 0 Å². The molecular formula is C18H15N2O3S-. The van der Waals surface area contributed by atoms with Crippen molar-refractivity contribution in [1.82, 2.24) is 4.98 Å². The van der Waals surface area contributed by atoms with Crippen LogP contribution in [0.2, 0.25) is 0 Å². The fourth-order valence-electron chi connectivity index (χ4n) is 2.28. The number of rotatable bonds is 5. The van der Waals surface area contributed by atoms with E-state index < -0.39 is 11.7 Å². The highest BCUT2D eigenvalue weighted by molar-refractivity contribution is 7.14. The zero-order valence-corrected chi connectivity index (χ0v) is 13.8. The first kappa shape index (κ1) is 16.0. The van der Waals surface area contributed by atoms with Crippen LogP contribution in [0.1, 0.15) is 22.8 Å². The summed E-state index contributed by atoms with van der Waals surface area (Å²) in [5.41, 5.74) is 3.44. The number of hydrogen-bond acceptors (Lipinski definition) is 5. The minimum atomic E-state index is -1.22. The van der Waals surface area contributed by atoms with E-state index in [1.807, 2.05) is 17.5 Å². The highest BCUT2D eigenvalue weighted by atomic mass is 32.1. The van der Waals surface area contributed by atoms with Gasteiger partial charge in [-0.15, -0.1) is 11.3 Å². The molecule has 0 radical (unpaired) electrons. The Morgan fingerprint density at radius 3 is 2.62 bits per heavy atom. The van der Waals surface area contributed by atoms with Gasteiger partial charge in [-0.25, -0.2) is 9.78 Å². The second-order valence-corrected chi connectivity index (χ2v) is 6.09. The van der Waals surface area contributed by atoms with Gasteiger partial charge in [-0.2, -0.15) is 0 Å². The predicted octanol–water partition coefficient (Wildman–Crippen LogP) is 3.89. The molecule has 0 fully saturated rings. The largest absolute Gasteiger partial charge is 0.872 e. The van der Waals surface area contributed by atoms with Crippen molar-refractivity contribution in [3.8, 4) is 17.0 Å². The van der Waals surface area contributed by atoms with E-state index in [4.69, 9.17) is 5.11 Å². The molecule has 0 unspecified atom stereocenters. The Hall–Kier alpha value is -2.86. The number of thiazole rings is 1. The average Bonchev–Trinajstić information content (AvgIpc) is 3.03. The van der Waals surface area contributed by atoms with Crippen molar-refractivity contribution in [1.29, 1.82) is 0 Å². The van der Waals surface area contributed by atoms with E-state index in [1.54, 1.807) is 6.07 Å². The number of aromatic carboxylic acids is 1. The molecule has 0 atom stereocenters. The molecule has 0 amide bonds. The normalized spacial score (nSPS) is 10.5. The quantitative estimate of drug-likeness (QED) is 0.736. The van der Waals surface area contributed by atoms with Crippen molar-refractivity contribution < 1.29 is 15.0 Å². The minimum Gasteiger partial charge on any atom is -0.872 e. The molecule has 0 saturated heterocycles. The summed E-state index contributed by atoms with van der Waals surface area (Å²) < 4.78 is 0. The zero-order chi connectivity index (χ0) is 17.1. The summed E-state index contributed by atoms with van der Waals surface area (Å²) in [5.74, 6) is -1.75. The van der Waals surface area contributed by atoms with E-state index in [2.05, 4.69) is 29.4 Å². The standard InChI is InChI=1S/C18H16N2O3S/c1-2-11-3-5-12(6-4-11)15-10-24-18(20-15)19-13-7-8-14(17(22)23)16(21)9-13/h3-10,21H,2H2,1H3,(H,19,20)(H,22,23)/p-1. The molecule has 0 spiro atoms. The SMILES string of the molecule is CCc1ccc(-c2csc(Nc3ccc(C(=O)O)c([O-])c3)n2)cc1. The Balaban J connectivity index is 1.78. The average molecular weight is 339 g/mol. The van der Waals surface area contributed by atoms with Gasteiger partial charge in [0.2, 0.25) is 0 Å². The van der Waals surface area contributed by atoms with Crippen LogP contribution in [0, 0.1) is 0 Å². The van der Waals surface area contributed by atoms with Gasteiger partial charge in [0, 0.05) is 16.6 Å². The van der Waals surface area contributed by atoms with Crippen LogP contribution in [0.3, 0.4) is 0 Å². The summed E-state index contributed by atoms with van der Waals surface area (Å²) in [6.45, 7) is 2.11. The fourth-order valence-corrected chi connectivity index (χ4v) is 3.02. The van der Waals surface area contributed by atoms with Gasteiger partial charge in [0.05, 0.1) is 11.3 Å². The number of benzene rings is 2. The molecule has 0 bridgehead atoms. The first-order chi connectivity index (χ1) is 11.6. The first-order valence-electron chi connectivity index (χ1n) is 7.43. The Bertz CT molecular complexity index is 872.